The molecule has 0 unspecified atom stereocenters. The SMILES string of the molecule is Cc1cccc2[nH]c(-c3cncc(C(=O)N(C)[C@@H](C)C4CC4)c3N3CC[C@](C)(N)C3)nc12. The number of hydrogen-bond donors (Lipinski definition) is 2. The Kier molecular flexibility index (Phi) is 4.97. The maximum absolute atomic E-state index is 13.7. The Bertz CT molecular complexity index is 1180. The molecule has 32 heavy (non-hydrogen) atoms. The second-order valence-electron chi connectivity index (χ2n) is 9.96. The summed E-state index contributed by atoms with van der Waals surface area (Å²) in [5, 5.41) is 0. The lowest BCUT2D eigenvalue weighted by Crippen LogP contribution is -2.40. The predicted molar refractivity (Wildman–Crippen MR) is 128 cm³/mol. The van der Waals surface area contributed by atoms with Crippen LogP contribution in [0.25, 0.3) is 22.4 Å². The number of aromatic nitrogens is 3. The maximum atomic E-state index is 13.7. The van der Waals surface area contributed by atoms with Gasteiger partial charge in [0.15, 0.2) is 0 Å². The van der Waals surface area contributed by atoms with Crippen molar-refractivity contribution in [3.63, 3.8) is 0 Å². The highest BCUT2D eigenvalue weighted by molar-refractivity contribution is 6.03. The zero-order chi connectivity index (χ0) is 22.6. The number of nitrogens with zero attached hydrogens (tertiary/aromatic N) is 4. The number of pyridine rings is 1. The van der Waals surface area contributed by atoms with Crippen LogP contribution in [0.15, 0.2) is 30.6 Å². The molecule has 3 N–H and O–H groups in total. The third-order valence-electron chi connectivity index (χ3n) is 7.17. The first-order chi connectivity index (χ1) is 15.2. The molecule has 7 nitrogen and oxygen atoms in total. The van der Waals surface area contributed by atoms with Gasteiger partial charge in [0.1, 0.15) is 5.82 Å². The zero-order valence-corrected chi connectivity index (χ0v) is 19.4. The van der Waals surface area contributed by atoms with Gasteiger partial charge >= 0.3 is 0 Å². The lowest BCUT2D eigenvalue weighted by atomic mass is 10.0. The van der Waals surface area contributed by atoms with Gasteiger partial charge in [0.05, 0.1) is 27.8 Å². The van der Waals surface area contributed by atoms with E-state index < -0.39 is 0 Å². The molecule has 2 aromatic heterocycles. The zero-order valence-electron chi connectivity index (χ0n) is 19.4. The summed E-state index contributed by atoms with van der Waals surface area (Å²) in [5.41, 5.74) is 11.6. The number of imidazole rings is 1. The van der Waals surface area contributed by atoms with Gasteiger partial charge in [0.25, 0.3) is 5.91 Å². The summed E-state index contributed by atoms with van der Waals surface area (Å²) in [7, 11) is 1.91. The van der Waals surface area contributed by atoms with Gasteiger partial charge in [-0.3, -0.25) is 9.78 Å². The van der Waals surface area contributed by atoms with Gasteiger partial charge in [-0.15, -0.1) is 0 Å². The number of aromatic amines is 1. The highest BCUT2D eigenvalue weighted by atomic mass is 16.2. The number of H-pyrrole nitrogens is 1. The number of aryl methyl sites for hydroxylation is 1. The Labute approximate surface area is 189 Å². The largest absolute Gasteiger partial charge is 0.368 e. The molecule has 2 atom stereocenters. The molecular formula is C25H32N6O. The van der Waals surface area contributed by atoms with Crippen molar-refractivity contribution in [3.8, 4) is 11.4 Å². The molecule has 1 saturated heterocycles. The van der Waals surface area contributed by atoms with E-state index in [1.54, 1.807) is 6.20 Å². The summed E-state index contributed by atoms with van der Waals surface area (Å²) in [5.74, 6) is 1.34. The number of rotatable bonds is 5. The maximum Gasteiger partial charge on any atom is 0.257 e. The first kappa shape index (κ1) is 20.9. The van der Waals surface area contributed by atoms with Gasteiger partial charge in [0.2, 0.25) is 0 Å². The smallest absolute Gasteiger partial charge is 0.257 e. The fourth-order valence-corrected chi connectivity index (χ4v) is 4.87. The topological polar surface area (TPSA) is 91.1 Å². The molecule has 0 radical (unpaired) electrons. The third-order valence-corrected chi connectivity index (χ3v) is 7.17. The van der Waals surface area contributed by atoms with Crippen molar-refractivity contribution in [2.24, 2.45) is 11.7 Å². The van der Waals surface area contributed by atoms with Crippen molar-refractivity contribution in [2.75, 3.05) is 25.0 Å². The Morgan fingerprint density at radius 2 is 2.12 bits per heavy atom. The van der Waals surface area contributed by atoms with Gasteiger partial charge in [-0.2, -0.15) is 0 Å². The quantitative estimate of drug-likeness (QED) is 0.641. The van der Waals surface area contributed by atoms with Crippen LogP contribution in [0.2, 0.25) is 0 Å². The van der Waals surface area contributed by atoms with E-state index in [9.17, 15) is 4.79 Å². The molecular weight excluding hydrogens is 400 g/mol. The first-order valence-corrected chi connectivity index (χ1v) is 11.5. The van der Waals surface area contributed by atoms with Crippen molar-refractivity contribution >= 4 is 22.6 Å². The molecule has 1 aromatic carbocycles. The number of nitrogens with one attached hydrogen (secondary N) is 1. The van der Waals surface area contributed by atoms with Crippen LogP contribution >= 0.6 is 0 Å². The van der Waals surface area contributed by atoms with Crippen LogP contribution < -0.4 is 10.6 Å². The molecule has 2 aliphatic rings. The van der Waals surface area contributed by atoms with Crippen LogP contribution in [-0.4, -0.2) is 57.5 Å². The highest BCUT2D eigenvalue weighted by Crippen LogP contribution is 2.39. The fraction of sp³-hybridized carbons (Fsp3) is 0.480. The molecule has 1 amide bonds. The summed E-state index contributed by atoms with van der Waals surface area (Å²) in [6.45, 7) is 7.75. The second-order valence-corrected chi connectivity index (χ2v) is 9.96. The minimum atomic E-state index is -0.293. The van der Waals surface area contributed by atoms with Crippen LogP contribution in [0.1, 0.15) is 49.0 Å². The standard InChI is InChI=1S/C25H32N6O/c1-15-6-5-7-20-21(15)29-23(28-20)18-12-27-13-19(22(18)31-11-10-25(3,26)14-31)24(32)30(4)16(2)17-8-9-17/h5-7,12-13,16-17H,8-11,14,26H2,1-4H3,(H,28,29)/t16-,25-/m0/s1. The molecule has 0 bridgehead atoms. The summed E-state index contributed by atoms with van der Waals surface area (Å²) < 4.78 is 0. The number of fused-ring (bicyclic) bond motifs is 1. The molecule has 3 aromatic rings. The van der Waals surface area contributed by atoms with Crippen molar-refractivity contribution in [1.29, 1.82) is 0 Å². The van der Waals surface area contributed by atoms with Crippen LogP contribution in [-0.2, 0) is 0 Å². The second kappa shape index (κ2) is 7.59. The number of amides is 1. The number of benzene rings is 1. The van der Waals surface area contributed by atoms with Gasteiger partial charge in [-0.05, 0) is 57.6 Å². The fourth-order valence-electron chi connectivity index (χ4n) is 4.87. The number of carbonyl (C=O) groups excluding carboxylic acids is 1. The van der Waals surface area contributed by atoms with E-state index in [0.717, 1.165) is 46.6 Å². The summed E-state index contributed by atoms with van der Waals surface area (Å²) in [4.78, 5) is 30.6. The molecule has 7 heteroatoms. The molecule has 1 saturated carbocycles. The van der Waals surface area contributed by atoms with E-state index in [1.165, 1.54) is 12.8 Å². The van der Waals surface area contributed by atoms with Gasteiger partial charge in [-0.25, -0.2) is 4.98 Å². The van der Waals surface area contributed by atoms with E-state index in [1.807, 2.05) is 30.3 Å². The number of nitrogens with two attached hydrogens (primary N) is 1. The number of para-hydroxylation sites is 1. The van der Waals surface area contributed by atoms with E-state index in [4.69, 9.17) is 10.7 Å². The average molecular weight is 433 g/mol. The molecule has 1 aliphatic carbocycles. The van der Waals surface area contributed by atoms with E-state index in [-0.39, 0.29) is 17.5 Å². The molecule has 5 rings (SSSR count). The van der Waals surface area contributed by atoms with E-state index in [0.29, 0.717) is 18.0 Å². The number of carbonyl (C=O) groups is 1. The average Bonchev–Trinajstić information content (AvgIpc) is 3.42. The lowest BCUT2D eigenvalue weighted by molar-refractivity contribution is 0.0727. The Morgan fingerprint density at radius 1 is 1.34 bits per heavy atom. The Balaban J connectivity index is 1.63. The Morgan fingerprint density at radius 3 is 2.78 bits per heavy atom. The predicted octanol–water partition coefficient (Wildman–Crippen LogP) is 3.73. The lowest BCUT2D eigenvalue weighted by Gasteiger charge is -2.29. The van der Waals surface area contributed by atoms with Crippen LogP contribution in [0.5, 0.6) is 0 Å². The molecule has 0 spiro atoms. The normalized spacial score (nSPS) is 21.8. The first-order valence-electron chi connectivity index (χ1n) is 11.5. The highest BCUT2D eigenvalue weighted by Gasteiger charge is 2.37. The summed E-state index contributed by atoms with van der Waals surface area (Å²) in [6, 6.07) is 6.32. The van der Waals surface area contributed by atoms with Crippen molar-refractivity contribution in [3.05, 3.63) is 41.7 Å². The minimum absolute atomic E-state index is 0.00617. The molecule has 1 aliphatic heterocycles. The van der Waals surface area contributed by atoms with Crippen molar-refractivity contribution in [2.45, 2.75) is 51.6 Å². The summed E-state index contributed by atoms with van der Waals surface area (Å²) in [6.07, 6.45) is 6.78. The Hall–Kier alpha value is -2.93. The third kappa shape index (κ3) is 3.64. The van der Waals surface area contributed by atoms with E-state index in [2.05, 4.69) is 41.7 Å². The van der Waals surface area contributed by atoms with Crippen LogP contribution in [0, 0.1) is 12.8 Å². The summed E-state index contributed by atoms with van der Waals surface area (Å²) >= 11 is 0. The van der Waals surface area contributed by atoms with Crippen LogP contribution in [0.3, 0.4) is 0 Å². The minimum Gasteiger partial charge on any atom is -0.368 e. The monoisotopic (exact) mass is 432 g/mol. The van der Waals surface area contributed by atoms with Gasteiger partial charge in [-0.1, -0.05) is 12.1 Å². The number of anilines is 1. The van der Waals surface area contributed by atoms with Crippen LogP contribution in [0.4, 0.5) is 5.69 Å². The molecule has 3 heterocycles. The molecule has 168 valence electrons. The van der Waals surface area contributed by atoms with E-state index >= 15 is 0 Å². The molecule has 2 fully saturated rings. The van der Waals surface area contributed by atoms with Gasteiger partial charge < -0.3 is 20.5 Å². The van der Waals surface area contributed by atoms with Gasteiger partial charge in [0, 0.05) is 44.1 Å². The van der Waals surface area contributed by atoms with Crippen molar-refractivity contribution in [1.82, 2.24) is 19.9 Å². The number of hydrogen-bond acceptors (Lipinski definition) is 5. The van der Waals surface area contributed by atoms with Crippen molar-refractivity contribution < 1.29 is 4.79 Å².